The van der Waals surface area contributed by atoms with E-state index in [2.05, 4.69) is 5.16 Å². The van der Waals surface area contributed by atoms with Gasteiger partial charge in [-0.2, -0.15) is 0 Å². The van der Waals surface area contributed by atoms with E-state index < -0.39 is 10.9 Å². The quantitative estimate of drug-likeness (QED) is 0.383. The number of nitro groups is 1. The lowest BCUT2D eigenvalue weighted by molar-refractivity contribution is -0.385. The zero-order valence-corrected chi connectivity index (χ0v) is 14.0. The van der Waals surface area contributed by atoms with Crippen molar-refractivity contribution in [1.29, 1.82) is 0 Å². The van der Waals surface area contributed by atoms with Crippen LogP contribution >= 0.6 is 0 Å². The molecule has 0 saturated heterocycles. The van der Waals surface area contributed by atoms with Gasteiger partial charge in [-0.05, 0) is 12.1 Å². The molecule has 2 heterocycles. The molecule has 1 aliphatic rings. The number of para-hydroxylation sites is 1. The average Bonchev–Trinajstić information content (AvgIpc) is 3.08. The predicted octanol–water partition coefficient (Wildman–Crippen LogP) is 2.89. The molecular weight excluding hydrogens is 356 g/mol. The number of nitro benzene ring substituents is 1. The first-order valence-electron chi connectivity index (χ1n) is 8.11. The van der Waals surface area contributed by atoms with Crippen LogP contribution in [0.4, 0.5) is 5.69 Å². The lowest BCUT2D eigenvalue weighted by atomic mass is 10.1. The molecule has 0 amide bonds. The summed E-state index contributed by atoms with van der Waals surface area (Å²) in [6.45, 7) is 0.0816. The van der Waals surface area contributed by atoms with Crippen LogP contribution in [0.25, 0.3) is 11.0 Å². The largest absolute Gasteiger partial charge is 0.467 e. The first-order valence-corrected chi connectivity index (χ1v) is 8.11. The first kappa shape index (κ1) is 17.0. The Morgan fingerprint density at radius 2 is 2.15 bits per heavy atom. The van der Waals surface area contributed by atoms with E-state index >= 15 is 0 Å². The number of carbonyl (C=O) groups excluding carboxylic acids is 1. The van der Waals surface area contributed by atoms with Gasteiger partial charge in [0.2, 0.25) is 0 Å². The summed E-state index contributed by atoms with van der Waals surface area (Å²) in [7, 11) is 0. The minimum atomic E-state index is -0.527. The highest BCUT2D eigenvalue weighted by Crippen LogP contribution is 2.33. The minimum Gasteiger partial charge on any atom is -0.467 e. The average molecular weight is 370 g/mol. The molecule has 0 spiro atoms. The first-order chi connectivity index (χ1) is 13.1. The van der Waals surface area contributed by atoms with Gasteiger partial charge in [0, 0.05) is 28.6 Å². The molecule has 1 aliphatic heterocycles. The van der Waals surface area contributed by atoms with Gasteiger partial charge >= 0.3 is 5.97 Å². The van der Waals surface area contributed by atoms with E-state index in [0.717, 1.165) is 5.39 Å². The van der Waals surface area contributed by atoms with Crippen LogP contribution in [0.3, 0.4) is 0 Å². The van der Waals surface area contributed by atoms with E-state index in [9.17, 15) is 14.9 Å². The summed E-state index contributed by atoms with van der Waals surface area (Å²) in [5.41, 5.74) is 1.91. The van der Waals surface area contributed by atoms with Crippen LogP contribution in [-0.2, 0) is 33.9 Å². The molecule has 0 radical (unpaired) electrons. The standard InChI is InChI=1S/C18H14N2O7/c21-17(7-15-14-3-1-2-4-16(14)27-19-15)25-9-12-6-13(20(22)23)5-11-8-24-10-26-18(11)12/h1-6H,7-10H2. The van der Waals surface area contributed by atoms with Crippen LogP contribution in [0.1, 0.15) is 16.8 Å². The van der Waals surface area contributed by atoms with Crippen LogP contribution in [-0.4, -0.2) is 22.8 Å². The Balaban J connectivity index is 1.50. The van der Waals surface area contributed by atoms with Crippen molar-refractivity contribution in [2.75, 3.05) is 6.79 Å². The second-order valence-electron chi connectivity index (χ2n) is 5.92. The molecule has 0 saturated carbocycles. The number of hydrogen-bond acceptors (Lipinski definition) is 8. The molecule has 0 aliphatic carbocycles. The zero-order valence-electron chi connectivity index (χ0n) is 14.0. The molecule has 9 nitrogen and oxygen atoms in total. The maximum Gasteiger partial charge on any atom is 0.312 e. The van der Waals surface area contributed by atoms with E-state index in [1.54, 1.807) is 12.1 Å². The van der Waals surface area contributed by atoms with E-state index in [0.29, 0.717) is 28.2 Å². The molecule has 0 N–H and O–H groups in total. The summed E-state index contributed by atoms with van der Waals surface area (Å²) in [4.78, 5) is 22.8. The number of benzene rings is 2. The molecule has 0 bridgehead atoms. The zero-order chi connectivity index (χ0) is 18.8. The van der Waals surface area contributed by atoms with Gasteiger partial charge < -0.3 is 18.7 Å². The molecule has 0 atom stereocenters. The molecule has 3 aromatic rings. The Hall–Kier alpha value is -3.46. The van der Waals surface area contributed by atoms with Crippen molar-refractivity contribution in [3.05, 3.63) is 63.3 Å². The van der Waals surface area contributed by atoms with Gasteiger partial charge in [0.15, 0.2) is 12.4 Å². The third-order valence-corrected chi connectivity index (χ3v) is 4.14. The summed E-state index contributed by atoms with van der Waals surface area (Å²) in [6, 6.07) is 9.92. The fourth-order valence-electron chi connectivity index (χ4n) is 2.91. The number of hydrogen-bond donors (Lipinski definition) is 0. The summed E-state index contributed by atoms with van der Waals surface area (Å²) >= 11 is 0. The highest BCUT2D eigenvalue weighted by Gasteiger charge is 2.22. The van der Waals surface area contributed by atoms with Gasteiger partial charge in [-0.1, -0.05) is 17.3 Å². The van der Waals surface area contributed by atoms with E-state index in [-0.39, 0.29) is 32.1 Å². The number of non-ortho nitro benzene ring substituents is 1. The van der Waals surface area contributed by atoms with Gasteiger partial charge in [0.1, 0.15) is 18.1 Å². The van der Waals surface area contributed by atoms with Gasteiger partial charge in [-0.25, -0.2) is 0 Å². The van der Waals surface area contributed by atoms with Crippen molar-refractivity contribution in [3.63, 3.8) is 0 Å². The fraction of sp³-hybridized carbons (Fsp3) is 0.222. The number of ether oxygens (including phenoxy) is 3. The second kappa shape index (κ2) is 7.04. The van der Waals surface area contributed by atoms with Gasteiger partial charge in [-0.15, -0.1) is 0 Å². The van der Waals surface area contributed by atoms with Gasteiger partial charge in [0.05, 0.1) is 18.0 Å². The molecule has 9 heteroatoms. The normalized spacial score (nSPS) is 13.0. The molecule has 138 valence electrons. The molecule has 2 aromatic carbocycles. The smallest absolute Gasteiger partial charge is 0.312 e. The maximum atomic E-state index is 12.2. The van der Waals surface area contributed by atoms with Crippen LogP contribution in [0, 0.1) is 10.1 Å². The Labute approximate surface area is 152 Å². The molecule has 4 rings (SSSR count). The number of fused-ring (bicyclic) bond motifs is 2. The third kappa shape index (κ3) is 3.44. The molecule has 0 unspecified atom stereocenters. The molecule has 0 fully saturated rings. The van der Waals surface area contributed by atoms with Crippen molar-refractivity contribution in [2.45, 2.75) is 19.6 Å². The molecular formula is C18H14N2O7. The van der Waals surface area contributed by atoms with Crippen molar-refractivity contribution < 1.29 is 28.5 Å². The van der Waals surface area contributed by atoms with E-state index in [4.69, 9.17) is 18.7 Å². The SMILES string of the molecule is O=C(Cc1noc2ccccc12)OCc1cc([N+](=O)[O-])cc2c1OCOC2. The lowest BCUT2D eigenvalue weighted by Crippen LogP contribution is -2.15. The highest BCUT2D eigenvalue weighted by molar-refractivity contribution is 5.84. The topological polar surface area (TPSA) is 114 Å². The van der Waals surface area contributed by atoms with Crippen molar-refractivity contribution >= 4 is 22.6 Å². The van der Waals surface area contributed by atoms with E-state index in [1.165, 1.54) is 12.1 Å². The van der Waals surface area contributed by atoms with Crippen molar-refractivity contribution in [2.24, 2.45) is 0 Å². The monoisotopic (exact) mass is 370 g/mol. The predicted molar refractivity (Wildman–Crippen MR) is 90.9 cm³/mol. The van der Waals surface area contributed by atoms with Crippen LogP contribution in [0.5, 0.6) is 5.75 Å². The Bertz CT molecular complexity index is 1030. The summed E-state index contributed by atoms with van der Waals surface area (Å²) in [5, 5.41) is 15.7. The van der Waals surface area contributed by atoms with Crippen molar-refractivity contribution in [1.82, 2.24) is 5.16 Å². The third-order valence-electron chi connectivity index (χ3n) is 4.14. The lowest BCUT2D eigenvalue weighted by Gasteiger charge is -2.20. The summed E-state index contributed by atoms with van der Waals surface area (Å²) in [5.74, 6) is -0.0760. The number of esters is 1. The maximum absolute atomic E-state index is 12.2. The van der Waals surface area contributed by atoms with Crippen LogP contribution < -0.4 is 4.74 Å². The fourth-order valence-corrected chi connectivity index (χ4v) is 2.91. The number of rotatable bonds is 5. The Kier molecular flexibility index (Phi) is 4.43. The Morgan fingerprint density at radius 3 is 3.00 bits per heavy atom. The number of nitrogens with zero attached hydrogens (tertiary/aromatic N) is 2. The van der Waals surface area contributed by atoms with Crippen molar-refractivity contribution in [3.8, 4) is 5.75 Å². The van der Waals surface area contributed by atoms with Crippen LogP contribution in [0.15, 0.2) is 40.9 Å². The molecule has 27 heavy (non-hydrogen) atoms. The summed E-state index contributed by atoms with van der Waals surface area (Å²) < 4.78 is 21.0. The van der Waals surface area contributed by atoms with Gasteiger partial charge in [0.25, 0.3) is 5.69 Å². The number of aromatic nitrogens is 1. The van der Waals surface area contributed by atoms with E-state index in [1.807, 2.05) is 12.1 Å². The minimum absolute atomic E-state index is 0.0384. The summed E-state index contributed by atoms with van der Waals surface area (Å²) in [6.07, 6.45) is -0.0713. The highest BCUT2D eigenvalue weighted by atomic mass is 16.7. The van der Waals surface area contributed by atoms with Gasteiger partial charge in [-0.3, -0.25) is 14.9 Å². The Morgan fingerprint density at radius 1 is 1.30 bits per heavy atom. The van der Waals surface area contributed by atoms with Crippen LogP contribution in [0.2, 0.25) is 0 Å². The second-order valence-corrected chi connectivity index (χ2v) is 5.92. The number of carbonyl (C=O) groups is 1. The molecule has 1 aromatic heterocycles.